The van der Waals surface area contributed by atoms with Gasteiger partial charge in [0.1, 0.15) is 0 Å². The minimum absolute atomic E-state index is 0. The van der Waals surface area contributed by atoms with Crippen LogP contribution in [0.4, 0.5) is 0 Å². The molecule has 1 amide bonds. The monoisotopic (exact) mass is 336 g/mol. The molecule has 4 heterocycles. The van der Waals surface area contributed by atoms with Gasteiger partial charge in [-0.05, 0) is 39.2 Å². The summed E-state index contributed by atoms with van der Waals surface area (Å²) in [6.07, 6.45) is 3.42. The minimum atomic E-state index is 0. The molecule has 2 aromatic rings. The van der Waals surface area contributed by atoms with E-state index in [1.54, 1.807) is 0 Å². The number of hydrogen-bond donors (Lipinski definition) is 1. The maximum Gasteiger partial charge on any atom is 0.258 e. The first-order valence-corrected chi connectivity index (χ1v) is 7.91. The van der Waals surface area contributed by atoms with Crippen LogP contribution < -0.4 is 5.32 Å². The van der Waals surface area contributed by atoms with E-state index in [4.69, 9.17) is 4.52 Å². The lowest BCUT2D eigenvalue weighted by atomic mass is 10.1. The second kappa shape index (κ2) is 6.09. The fourth-order valence-corrected chi connectivity index (χ4v) is 3.68. The van der Waals surface area contributed by atoms with Crippen molar-refractivity contribution in [1.82, 2.24) is 20.4 Å². The number of carbonyl (C=O) groups excluding carboxylic acids is 1. The third-order valence-electron chi connectivity index (χ3n) is 4.79. The van der Waals surface area contributed by atoms with Crippen molar-refractivity contribution in [3.8, 4) is 0 Å². The van der Waals surface area contributed by atoms with E-state index >= 15 is 0 Å². The number of likely N-dealkylation sites (tertiary alicyclic amines) is 1. The van der Waals surface area contributed by atoms with Gasteiger partial charge in [0.15, 0.2) is 0 Å². The zero-order chi connectivity index (χ0) is 15.3. The molecule has 2 aromatic heterocycles. The number of fused-ring (bicyclic) bond motifs is 3. The normalized spacial score (nSPS) is 23.7. The first kappa shape index (κ1) is 16.2. The summed E-state index contributed by atoms with van der Waals surface area (Å²) in [5, 5.41) is 8.32. The Hall–Kier alpha value is -1.66. The van der Waals surface area contributed by atoms with Gasteiger partial charge in [-0.1, -0.05) is 5.16 Å². The van der Waals surface area contributed by atoms with Gasteiger partial charge in [-0.15, -0.1) is 12.4 Å². The van der Waals surface area contributed by atoms with Gasteiger partial charge in [-0.2, -0.15) is 0 Å². The lowest BCUT2D eigenvalue weighted by Crippen LogP contribution is -2.39. The van der Waals surface area contributed by atoms with E-state index in [1.807, 2.05) is 24.8 Å². The second-order valence-corrected chi connectivity index (χ2v) is 6.44. The molecule has 0 saturated carbocycles. The molecule has 0 radical (unpaired) electrons. The number of nitrogens with zero attached hydrogens (tertiary/aromatic N) is 3. The predicted octanol–water partition coefficient (Wildman–Crippen LogP) is 2.23. The Balaban J connectivity index is 0.00000156. The molecule has 2 aliphatic heterocycles. The Morgan fingerprint density at radius 1 is 1.30 bits per heavy atom. The van der Waals surface area contributed by atoms with Crippen LogP contribution in [0.15, 0.2) is 10.6 Å². The number of pyridine rings is 1. The summed E-state index contributed by atoms with van der Waals surface area (Å²) < 4.78 is 5.24. The van der Waals surface area contributed by atoms with Crippen molar-refractivity contribution < 1.29 is 9.32 Å². The highest BCUT2D eigenvalue weighted by atomic mass is 35.5. The molecule has 4 rings (SSSR count). The summed E-state index contributed by atoms with van der Waals surface area (Å²) in [4.78, 5) is 19.3. The smallest absolute Gasteiger partial charge is 0.258 e. The molecule has 0 spiro atoms. The van der Waals surface area contributed by atoms with E-state index in [1.165, 1.54) is 6.42 Å². The van der Waals surface area contributed by atoms with Crippen molar-refractivity contribution in [3.63, 3.8) is 0 Å². The number of rotatable bonds is 1. The van der Waals surface area contributed by atoms with Crippen molar-refractivity contribution in [3.05, 3.63) is 23.0 Å². The molecular weight excluding hydrogens is 316 g/mol. The maximum atomic E-state index is 13.0. The molecule has 2 bridgehead atoms. The average molecular weight is 337 g/mol. The number of hydrogen-bond acceptors (Lipinski definition) is 5. The lowest BCUT2D eigenvalue weighted by Gasteiger charge is -2.24. The van der Waals surface area contributed by atoms with Crippen molar-refractivity contribution in [1.29, 1.82) is 0 Å². The number of nitrogens with one attached hydrogen (secondary N) is 1. The Morgan fingerprint density at radius 2 is 2.09 bits per heavy atom. The van der Waals surface area contributed by atoms with Crippen LogP contribution in [0, 0.1) is 13.8 Å². The zero-order valence-corrected chi connectivity index (χ0v) is 14.2. The van der Waals surface area contributed by atoms with Gasteiger partial charge >= 0.3 is 0 Å². The van der Waals surface area contributed by atoms with Crippen LogP contribution in [0.2, 0.25) is 0 Å². The maximum absolute atomic E-state index is 13.0. The molecule has 0 aliphatic carbocycles. The highest BCUT2D eigenvalue weighted by molar-refractivity contribution is 6.06. The summed E-state index contributed by atoms with van der Waals surface area (Å²) in [6, 6.07) is 2.85. The Labute approximate surface area is 141 Å². The van der Waals surface area contributed by atoms with Crippen LogP contribution in [-0.4, -0.2) is 46.1 Å². The number of amides is 1. The average Bonchev–Trinajstić information content (AvgIpc) is 3.00. The topological polar surface area (TPSA) is 71.3 Å². The molecule has 2 aliphatic rings. The van der Waals surface area contributed by atoms with Gasteiger partial charge in [0.05, 0.1) is 16.6 Å². The summed E-state index contributed by atoms with van der Waals surface area (Å²) >= 11 is 0. The number of aromatic nitrogens is 2. The van der Waals surface area contributed by atoms with Crippen molar-refractivity contribution in [2.24, 2.45) is 0 Å². The van der Waals surface area contributed by atoms with Crippen LogP contribution in [-0.2, 0) is 0 Å². The van der Waals surface area contributed by atoms with Gasteiger partial charge in [0, 0.05) is 30.9 Å². The van der Waals surface area contributed by atoms with E-state index in [0.717, 1.165) is 42.7 Å². The molecule has 0 aromatic carbocycles. The van der Waals surface area contributed by atoms with Crippen LogP contribution in [0.5, 0.6) is 0 Å². The van der Waals surface area contributed by atoms with Crippen LogP contribution in [0.25, 0.3) is 11.1 Å². The fraction of sp³-hybridized carbons (Fsp3) is 0.562. The van der Waals surface area contributed by atoms with Crippen LogP contribution in [0.1, 0.15) is 41.0 Å². The third-order valence-corrected chi connectivity index (χ3v) is 4.79. The van der Waals surface area contributed by atoms with E-state index in [-0.39, 0.29) is 18.3 Å². The lowest BCUT2D eigenvalue weighted by molar-refractivity contribution is 0.0750. The van der Waals surface area contributed by atoms with Gasteiger partial charge in [0.25, 0.3) is 11.6 Å². The molecule has 2 unspecified atom stereocenters. The van der Waals surface area contributed by atoms with Crippen molar-refractivity contribution >= 4 is 29.4 Å². The molecular formula is C16H21ClN4O2. The van der Waals surface area contributed by atoms with Gasteiger partial charge in [-0.25, -0.2) is 4.98 Å². The Bertz CT molecular complexity index is 745. The molecule has 7 heteroatoms. The first-order chi connectivity index (χ1) is 10.6. The zero-order valence-electron chi connectivity index (χ0n) is 13.3. The Morgan fingerprint density at radius 3 is 2.91 bits per heavy atom. The molecule has 23 heavy (non-hydrogen) atoms. The largest absolute Gasteiger partial charge is 0.337 e. The third kappa shape index (κ3) is 2.81. The number of carbonyl (C=O) groups is 1. The standard InChI is InChI=1S/C16H20N4O2.ClH/c1-9-7-13(14-10(2)19-22-15(14)17-9)16(21)20-6-5-11-3-4-12(8-20)18-11;/h7,11-12,18H,3-6,8H2,1-2H3;1H. The summed E-state index contributed by atoms with van der Waals surface area (Å²) in [7, 11) is 0. The molecule has 124 valence electrons. The van der Waals surface area contributed by atoms with Crippen molar-refractivity contribution in [2.45, 2.75) is 45.2 Å². The van der Waals surface area contributed by atoms with Gasteiger partial charge in [-0.3, -0.25) is 4.79 Å². The summed E-state index contributed by atoms with van der Waals surface area (Å²) in [5.74, 6) is 0.0659. The molecule has 2 saturated heterocycles. The van der Waals surface area contributed by atoms with E-state index < -0.39 is 0 Å². The summed E-state index contributed by atoms with van der Waals surface area (Å²) in [6.45, 7) is 5.31. The molecule has 6 nitrogen and oxygen atoms in total. The van der Waals surface area contributed by atoms with Crippen molar-refractivity contribution in [2.75, 3.05) is 13.1 Å². The number of halogens is 1. The molecule has 2 fully saturated rings. The minimum Gasteiger partial charge on any atom is -0.337 e. The van der Waals surface area contributed by atoms with Crippen LogP contribution >= 0.6 is 12.4 Å². The van der Waals surface area contributed by atoms with Crippen LogP contribution in [0.3, 0.4) is 0 Å². The second-order valence-electron chi connectivity index (χ2n) is 6.44. The summed E-state index contributed by atoms with van der Waals surface area (Å²) in [5.41, 5.74) is 2.62. The van der Waals surface area contributed by atoms with Gasteiger partial charge in [0.2, 0.25) is 0 Å². The fourth-order valence-electron chi connectivity index (χ4n) is 3.68. The van der Waals surface area contributed by atoms with E-state index in [0.29, 0.717) is 23.4 Å². The highest BCUT2D eigenvalue weighted by Gasteiger charge is 2.32. The van der Waals surface area contributed by atoms with Gasteiger partial charge < -0.3 is 14.7 Å². The quantitative estimate of drug-likeness (QED) is 0.864. The molecule has 2 atom stereocenters. The number of aryl methyl sites for hydroxylation is 2. The Kier molecular flexibility index (Phi) is 4.29. The van der Waals surface area contributed by atoms with E-state index in [2.05, 4.69) is 15.5 Å². The van der Waals surface area contributed by atoms with E-state index in [9.17, 15) is 4.79 Å². The SMILES string of the molecule is Cc1cc(C(=O)N2CCC3CCC(C2)N3)c2c(C)noc2n1.Cl. The predicted molar refractivity (Wildman–Crippen MR) is 89.0 cm³/mol. The highest BCUT2D eigenvalue weighted by Crippen LogP contribution is 2.26. The molecule has 1 N–H and O–H groups in total. The first-order valence-electron chi connectivity index (χ1n) is 7.91.